The number of hydrogen-bond acceptors (Lipinski definition) is 5. The van der Waals surface area contributed by atoms with Crippen LogP contribution in [-0.2, 0) is 10.5 Å². The average Bonchev–Trinajstić information content (AvgIpc) is 3.36. The zero-order valence-corrected chi connectivity index (χ0v) is 17.6. The minimum Gasteiger partial charge on any atom is -0.454 e. The van der Waals surface area contributed by atoms with Gasteiger partial charge in [0.15, 0.2) is 11.5 Å². The van der Waals surface area contributed by atoms with Crippen molar-refractivity contribution in [2.75, 3.05) is 22.3 Å². The molecular formula is C25H21N3O4. The van der Waals surface area contributed by atoms with Crippen molar-refractivity contribution in [3.8, 4) is 11.5 Å². The van der Waals surface area contributed by atoms with Gasteiger partial charge < -0.3 is 20.1 Å². The van der Waals surface area contributed by atoms with Gasteiger partial charge in [-0.05, 0) is 47.9 Å². The van der Waals surface area contributed by atoms with E-state index in [0.29, 0.717) is 39.7 Å². The number of nitrogens with one attached hydrogen (secondary N) is 2. The maximum Gasteiger partial charge on any atom is 0.276 e. The van der Waals surface area contributed by atoms with Crippen molar-refractivity contribution in [1.29, 1.82) is 0 Å². The summed E-state index contributed by atoms with van der Waals surface area (Å²) in [5.74, 6) is 0.835. The summed E-state index contributed by atoms with van der Waals surface area (Å²) in [6.45, 7) is 4.33. The molecule has 3 aliphatic heterocycles. The van der Waals surface area contributed by atoms with Crippen LogP contribution in [0.4, 0.5) is 17.1 Å². The van der Waals surface area contributed by atoms with Crippen LogP contribution < -0.4 is 25.0 Å². The van der Waals surface area contributed by atoms with E-state index in [-0.39, 0.29) is 24.5 Å². The summed E-state index contributed by atoms with van der Waals surface area (Å²) in [7, 11) is 0. The Hall–Kier alpha value is -4.00. The number of amides is 2. The molecule has 2 amide bonds. The number of ether oxygens (including phenoxy) is 2. The number of hydrogen-bond donors (Lipinski definition) is 2. The summed E-state index contributed by atoms with van der Waals surface area (Å²) in [5.41, 5.74) is 2.71. The molecule has 0 fully saturated rings. The van der Waals surface area contributed by atoms with Gasteiger partial charge in [-0.25, -0.2) is 0 Å². The number of anilines is 3. The van der Waals surface area contributed by atoms with Crippen LogP contribution in [0.15, 0.2) is 60.7 Å². The first-order valence-electron chi connectivity index (χ1n) is 10.6. The molecule has 0 bridgehead atoms. The molecule has 0 aromatic heterocycles. The van der Waals surface area contributed by atoms with Gasteiger partial charge in [-0.1, -0.05) is 32.0 Å². The Labute approximate surface area is 184 Å². The normalized spacial score (nSPS) is 20.3. The van der Waals surface area contributed by atoms with Crippen LogP contribution in [0.25, 0.3) is 0 Å². The van der Waals surface area contributed by atoms with E-state index in [9.17, 15) is 9.59 Å². The van der Waals surface area contributed by atoms with Crippen LogP contribution >= 0.6 is 0 Å². The molecule has 1 atom stereocenters. The molecule has 0 radical (unpaired) electrons. The fourth-order valence-electron chi connectivity index (χ4n) is 4.65. The third-order valence-corrected chi connectivity index (χ3v) is 6.30. The molecule has 0 saturated carbocycles. The van der Waals surface area contributed by atoms with Gasteiger partial charge in [0.2, 0.25) is 12.5 Å². The molecule has 3 heterocycles. The Bertz CT molecular complexity index is 1300. The largest absolute Gasteiger partial charge is 0.454 e. The number of fused-ring (bicyclic) bond motifs is 4. The third kappa shape index (κ3) is 2.42. The van der Waals surface area contributed by atoms with Gasteiger partial charge in [0.05, 0.1) is 11.3 Å². The smallest absolute Gasteiger partial charge is 0.276 e. The van der Waals surface area contributed by atoms with E-state index < -0.39 is 5.66 Å². The van der Waals surface area contributed by atoms with E-state index in [4.69, 9.17) is 9.47 Å². The Morgan fingerprint density at radius 2 is 1.75 bits per heavy atom. The van der Waals surface area contributed by atoms with Crippen molar-refractivity contribution < 1.29 is 19.1 Å². The Morgan fingerprint density at radius 1 is 0.938 bits per heavy atom. The molecule has 7 nitrogen and oxygen atoms in total. The first kappa shape index (κ1) is 18.7. The zero-order chi connectivity index (χ0) is 22.0. The Morgan fingerprint density at radius 3 is 2.59 bits per heavy atom. The molecule has 3 aromatic rings. The van der Waals surface area contributed by atoms with E-state index in [2.05, 4.69) is 24.5 Å². The molecule has 3 aromatic carbocycles. The first-order chi connectivity index (χ1) is 15.5. The molecular weight excluding hydrogens is 406 g/mol. The van der Waals surface area contributed by atoms with E-state index in [1.807, 2.05) is 36.4 Å². The predicted molar refractivity (Wildman–Crippen MR) is 120 cm³/mol. The molecule has 0 saturated heterocycles. The highest BCUT2D eigenvalue weighted by Gasteiger charge is 2.57. The second-order valence-corrected chi connectivity index (χ2v) is 8.47. The van der Waals surface area contributed by atoms with Gasteiger partial charge in [-0.3, -0.25) is 14.5 Å². The first-order valence-corrected chi connectivity index (χ1v) is 10.6. The van der Waals surface area contributed by atoms with E-state index in [1.165, 1.54) is 4.90 Å². The summed E-state index contributed by atoms with van der Waals surface area (Å²) >= 11 is 0. The van der Waals surface area contributed by atoms with Gasteiger partial charge in [-0.2, -0.15) is 0 Å². The SMILES string of the molecule is CC(C)c1ccc2c(c1)C1(Nc3ccccc3C(=O)N1c1ccc3c(c1)OCO3)C(=O)N2. The van der Waals surface area contributed by atoms with Gasteiger partial charge in [0.1, 0.15) is 0 Å². The van der Waals surface area contributed by atoms with Crippen LogP contribution in [-0.4, -0.2) is 18.6 Å². The summed E-state index contributed by atoms with van der Waals surface area (Å²) < 4.78 is 11.0. The van der Waals surface area contributed by atoms with Gasteiger partial charge in [0, 0.05) is 23.0 Å². The lowest BCUT2D eigenvalue weighted by molar-refractivity contribution is -0.119. The Kier molecular flexibility index (Phi) is 3.81. The molecule has 2 N–H and O–H groups in total. The van der Waals surface area contributed by atoms with Crippen molar-refractivity contribution in [3.05, 3.63) is 77.4 Å². The quantitative estimate of drug-likeness (QED) is 0.633. The molecule has 160 valence electrons. The van der Waals surface area contributed by atoms with E-state index in [1.54, 1.807) is 24.3 Å². The molecule has 3 aliphatic rings. The monoisotopic (exact) mass is 427 g/mol. The summed E-state index contributed by atoms with van der Waals surface area (Å²) in [6, 6.07) is 18.4. The van der Waals surface area contributed by atoms with Crippen molar-refractivity contribution >= 4 is 28.9 Å². The maximum atomic E-state index is 13.9. The lowest BCUT2D eigenvalue weighted by atomic mass is 9.89. The van der Waals surface area contributed by atoms with Gasteiger partial charge in [0.25, 0.3) is 11.8 Å². The molecule has 1 unspecified atom stereocenters. The molecule has 6 rings (SSSR count). The number of para-hydroxylation sites is 1. The van der Waals surface area contributed by atoms with Crippen molar-refractivity contribution in [3.63, 3.8) is 0 Å². The van der Waals surface area contributed by atoms with Gasteiger partial charge >= 0.3 is 0 Å². The van der Waals surface area contributed by atoms with Crippen molar-refractivity contribution in [2.45, 2.75) is 25.4 Å². The summed E-state index contributed by atoms with van der Waals surface area (Å²) in [4.78, 5) is 29.1. The number of rotatable bonds is 2. The number of carbonyl (C=O) groups excluding carboxylic acids is 2. The minimum atomic E-state index is -1.43. The maximum absolute atomic E-state index is 13.9. The lowest BCUT2D eigenvalue weighted by Gasteiger charge is -2.44. The second-order valence-electron chi connectivity index (χ2n) is 8.47. The Balaban J connectivity index is 1.62. The topological polar surface area (TPSA) is 79.9 Å². The third-order valence-electron chi connectivity index (χ3n) is 6.30. The molecule has 0 aliphatic carbocycles. The van der Waals surface area contributed by atoms with Gasteiger partial charge in [-0.15, -0.1) is 0 Å². The molecule has 32 heavy (non-hydrogen) atoms. The number of nitrogens with zero attached hydrogens (tertiary/aromatic N) is 1. The van der Waals surface area contributed by atoms with Crippen molar-refractivity contribution in [2.24, 2.45) is 0 Å². The zero-order valence-electron chi connectivity index (χ0n) is 17.6. The predicted octanol–water partition coefficient (Wildman–Crippen LogP) is 4.42. The van der Waals surface area contributed by atoms with E-state index >= 15 is 0 Å². The second kappa shape index (κ2) is 6.50. The summed E-state index contributed by atoms with van der Waals surface area (Å²) in [6.07, 6.45) is 0. The highest BCUT2D eigenvalue weighted by molar-refractivity contribution is 6.22. The van der Waals surface area contributed by atoms with Crippen molar-refractivity contribution in [1.82, 2.24) is 0 Å². The standard InChI is InChI=1S/C25H21N3O4/c1-14(2)15-7-9-20-18(11-15)25(24(30)26-20)27-19-6-4-3-5-17(19)23(29)28(25)16-8-10-21-22(12-16)32-13-31-21/h3-12,14,27H,13H2,1-2H3,(H,26,30). The molecule has 1 spiro atoms. The molecule has 7 heteroatoms. The fourth-order valence-corrected chi connectivity index (χ4v) is 4.65. The fraction of sp³-hybridized carbons (Fsp3) is 0.200. The van der Waals surface area contributed by atoms with Crippen LogP contribution in [0.1, 0.15) is 41.3 Å². The van der Waals surface area contributed by atoms with Crippen LogP contribution in [0.2, 0.25) is 0 Å². The minimum absolute atomic E-state index is 0.125. The number of benzene rings is 3. The number of carbonyl (C=O) groups is 2. The summed E-state index contributed by atoms with van der Waals surface area (Å²) in [5, 5.41) is 6.39. The van der Waals surface area contributed by atoms with Crippen LogP contribution in [0, 0.1) is 0 Å². The van der Waals surface area contributed by atoms with Crippen LogP contribution in [0.3, 0.4) is 0 Å². The highest BCUT2D eigenvalue weighted by Crippen LogP contribution is 2.49. The lowest BCUT2D eigenvalue weighted by Crippen LogP contribution is -2.61. The van der Waals surface area contributed by atoms with Crippen LogP contribution in [0.5, 0.6) is 11.5 Å². The highest BCUT2D eigenvalue weighted by atomic mass is 16.7. The van der Waals surface area contributed by atoms with E-state index in [0.717, 1.165) is 5.56 Å². The average molecular weight is 427 g/mol.